The molecule has 0 bridgehead atoms. The lowest BCUT2D eigenvalue weighted by Crippen LogP contribution is -2.61. The maximum atomic E-state index is 12.9. The lowest BCUT2D eigenvalue weighted by atomic mass is 10.0. The van der Waals surface area contributed by atoms with Crippen LogP contribution in [-0.2, 0) is 20.3 Å². The second-order valence-electron chi connectivity index (χ2n) is 9.30. The maximum Gasteiger partial charge on any atom is 0.437 e. The Morgan fingerprint density at radius 2 is 1.73 bits per heavy atom. The molecule has 0 saturated carbocycles. The summed E-state index contributed by atoms with van der Waals surface area (Å²) in [6, 6.07) is 7.41. The minimum atomic E-state index is -3.93. The monoisotopic (exact) mass is 589 g/mol. The first-order valence-electron chi connectivity index (χ1n) is 10.7. The lowest BCUT2D eigenvalue weighted by Gasteiger charge is -2.39. The molecule has 3 rings (SSSR count). The Hall–Kier alpha value is -2.87. The zero-order chi connectivity index (χ0) is 27.8. The van der Waals surface area contributed by atoms with E-state index in [1.165, 1.54) is 37.4 Å². The normalized spacial score (nSPS) is 20.2. The van der Waals surface area contributed by atoms with Gasteiger partial charge in [0.1, 0.15) is 5.60 Å². The molecule has 1 aromatic heterocycles. The summed E-state index contributed by atoms with van der Waals surface area (Å²) in [5, 5.41) is 3.52. The molecule has 1 aromatic carbocycles. The number of ether oxygens (including phenoxy) is 1. The molecule has 1 aliphatic heterocycles. The van der Waals surface area contributed by atoms with Gasteiger partial charge in [0.15, 0.2) is 0 Å². The van der Waals surface area contributed by atoms with Crippen molar-refractivity contribution in [2.24, 2.45) is 4.99 Å². The second kappa shape index (κ2) is 10.5. The van der Waals surface area contributed by atoms with Gasteiger partial charge in [-0.05, 0) is 58.0 Å². The number of hydrogen-bond donors (Lipinski definition) is 3. The fourth-order valence-electron chi connectivity index (χ4n) is 3.25. The van der Waals surface area contributed by atoms with Crippen LogP contribution in [0.2, 0.25) is 10.0 Å². The molecule has 37 heavy (non-hydrogen) atoms. The average molecular weight is 591 g/mol. The molecule has 200 valence electrons. The number of thiophene rings is 1. The van der Waals surface area contributed by atoms with Gasteiger partial charge in [-0.2, -0.15) is 0 Å². The minimum absolute atomic E-state index is 0.112. The van der Waals surface area contributed by atoms with E-state index in [9.17, 15) is 22.8 Å². The van der Waals surface area contributed by atoms with Crippen molar-refractivity contribution in [3.63, 3.8) is 0 Å². The molecule has 15 heteroatoms. The first-order chi connectivity index (χ1) is 17.0. The molecule has 0 spiro atoms. The fraction of sp³-hybridized carbons (Fsp3) is 0.364. The predicted octanol–water partition coefficient (Wildman–Crippen LogP) is 3.50. The maximum absolute atomic E-state index is 12.9. The van der Waals surface area contributed by atoms with Crippen molar-refractivity contribution in [3.8, 4) is 0 Å². The van der Waals surface area contributed by atoms with E-state index in [0.717, 1.165) is 15.6 Å². The minimum Gasteiger partial charge on any atom is -0.442 e. The zero-order valence-corrected chi connectivity index (χ0v) is 23.7. The van der Waals surface area contributed by atoms with Crippen LogP contribution in [-0.4, -0.2) is 55.0 Å². The van der Waals surface area contributed by atoms with E-state index >= 15 is 0 Å². The van der Waals surface area contributed by atoms with Gasteiger partial charge in [0.05, 0.1) is 26.1 Å². The molecule has 2 heterocycles. The molecule has 1 fully saturated rings. The number of nitrogens with one attached hydrogen (secondary N) is 3. The molecular weight excluding hydrogens is 565 g/mol. The summed E-state index contributed by atoms with van der Waals surface area (Å²) >= 11 is 13.1. The molecule has 11 nitrogen and oxygen atoms in total. The molecule has 3 amide bonds. The number of guanidine groups is 1. The van der Waals surface area contributed by atoms with E-state index in [-0.39, 0.29) is 21.4 Å². The highest BCUT2D eigenvalue weighted by atomic mass is 35.5. The molecule has 1 atom stereocenters. The van der Waals surface area contributed by atoms with E-state index < -0.39 is 44.8 Å². The molecule has 1 aliphatic rings. The van der Waals surface area contributed by atoms with Gasteiger partial charge in [0.2, 0.25) is 16.0 Å². The number of halogens is 2. The third kappa shape index (κ3) is 6.92. The van der Waals surface area contributed by atoms with Crippen LogP contribution in [0, 0.1) is 0 Å². The van der Waals surface area contributed by atoms with Crippen LogP contribution in [0.15, 0.2) is 35.3 Å². The van der Waals surface area contributed by atoms with Crippen LogP contribution in [0.4, 0.5) is 4.79 Å². The Labute approximate surface area is 228 Å². The van der Waals surface area contributed by atoms with E-state index in [1.54, 1.807) is 27.7 Å². The first kappa shape index (κ1) is 28.7. The topological polar surface area (TPSA) is 146 Å². The molecule has 0 aliphatic carbocycles. The first-order valence-corrected chi connectivity index (χ1v) is 13.9. The lowest BCUT2D eigenvalue weighted by molar-refractivity contribution is 0.0601. The van der Waals surface area contributed by atoms with Crippen LogP contribution in [0.3, 0.4) is 0 Å². The van der Waals surface area contributed by atoms with E-state index in [2.05, 4.69) is 21.2 Å². The highest BCUT2D eigenvalue weighted by Gasteiger charge is 2.45. The van der Waals surface area contributed by atoms with Crippen molar-refractivity contribution >= 4 is 68.4 Å². The Balaban J connectivity index is 1.82. The molecule has 2 aromatic rings. The number of amides is 3. The van der Waals surface area contributed by atoms with Crippen molar-refractivity contribution in [2.75, 3.05) is 12.8 Å². The molecular formula is C22H25Cl2N5O6S2. The van der Waals surface area contributed by atoms with Crippen LogP contribution >= 0.6 is 34.5 Å². The number of hydrogen-bond acceptors (Lipinski definition) is 7. The highest BCUT2D eigenvalue weighted by molar-refractivity contribution is 7.89. The quantitative estimate of drug-likeness (QED) is 0.464. The number of nitrogens with zero attached hydrogens (tertiary/aromatic N) is 2. The number of benzene rings is 1. The van der Waals surface area contributed by atoms with Crippen molar-refractivity contribution in [1.82, 2.24) is 20.5 Å². The number of carbonyl (C=O) groups is 3. The number of rotatable bonds is 3. The number of carbonyl (C=O) groups excluding carboxylic acids is 3. The van der Waals surface area contributed by atoms with Crippen molar-refractivity contribution in [3.05, 3.63) is 55.7 Å². The summed E-state index contributed by atoms with van der Waals surface area (Å²) in [7, 11) is -2.67. The number of sulfonamides is 1. The molecule has 3 N–H and O–H groups in total. The number of aliphatic imine (C=N–C) groups is 1. The van der Waals surface area contributed by atoms with Crippen LogP contribution in [0.1, 0.15) is 52.6 Å². The van der Waals surface area contributed by atoms with E-state index in [0.29, 0.717) is 9.90 Å². The largest absolute Gasteiger partial charge is 0.442 e. The average Bonchev–Trinajstić information content (AvgIpc) is 3.17. The van der Waals surface area contributed by atoms with Crippen LogP contribution in [0.5, 0.6) is 0 Å². The summed E-state index contributed by atoms with van der Waals surface area (Å²) < 4.78 is 31.8. The SMILES string of the molecule is CN1/C(=N/C(=O)OC(C)(C)C)N[C@](C)(c2sc(C(=O)NNC(=O)c3ccc(Cl)cc3)cc2Cl)CS1(=O)=O. The van der Waals surface area contributed by atoms with Gasteiger partial charge in [-0.15, -0.1) is 16.3 Å². The third-order valence-electron chi connectivity index (χ3n) is 4.97. The summed E-state index contributed by atoms with van der Waals surface area (Å²) in [6.07, 6.45) is -0.977. The van der Waals surface area contributed by atoms with Gasteiger partial charge in [-0.3, -0.25) is 20.4 Å². The Morgan fingerprint density at radius 3 is 2.32 bits per heavy atom. The van der Waals surface area contributed by atoms with E-state index in [1.807, 2.05) is 0 Å². The summed E-state index contributed by atoms with van der Waals surface area (Å²) in [5.41, 5.74) is 2.70. The van der Waals surface area contributed by atoms with Crippen LogP contribution in [0.25, 0.3) is 0 Å². The van der Waals surface area contributed by atoms with Crippen molar-refractivity contribution in [2.45, 2.75) is 38.8 Å². The smallest absolute Gasteiger partial charge is 0.437 e. The van der Waals surface area contributed by atoms with Gasteiger partial charge in [0.25, 0.3) is 11.8 Å². The third-order valence-corrected chi connectivity index (χ3v) is 8.98. The molecule has 0 radical (unpaired) electrons. The highest BCUT2D eigenvalue weighted by Crippen LogP contribution is 2.38. The Morgan fingerprint density at radius 1 is 1.14 bits per heavy atom. The van der Waals surface area contributed by atoms with Crippen molar-refractivity contribution in [1.29, 1.82) is 0 Å². The summed E-state index contributed by atoms with van der Waals surface area (Å²) in [5.74, 6) is -1.92. The van der Waals surface area contributed by atoms with Gasteiger partial charge in [0, 0.05) is 17.6 Å². The zero-order valence-electron chi connectivity index (χ0n) is 20.5. The van der Waals surface area contributed by atoms with Gasteiger partial charge < -0.3 is 10.1 Å². The Kier molecular flexibility index (Phi) is 8.13. The molecule has 0 unspecified atom stereocenters. The van der Waals surface area contributed by atoms with Crippen molar-refractivity contribution < 1.29 is 27.5 Å². The summed E-state index contributed by atoms with van der Waals surface area (Å²) in [4.78, 5) is 41.4. The van der Waals surface area contributed by atoms with Gasteiger partial charge >= 0.3 is 6.09 Å². The molecule has 1 saturated heterocycles. The number of hydrazine groups is 1. The fourth-order valence-corrected chi connectivity index (χ4v) is 6.50. The Bertz CT molecular complexity index is 1370. The van der Waals surface area contributed by atoms with Gasteiger partial charge in [-0.25, -0.2) is 17.5 Å². The van der Waals surface area contributed by atoms with E-state index in [4.69, 9.17) is 27.9 Å². The summed E-state index contributed by atoms with van der Waals surface area (Å²) in [6.45, 7) is 6.52. The van der Waals surface area contributed by atoms with Crippen LogP contribution < -0.4 is 16.2 Å². The second-order valence-corrected chi connectivity index (χ2v) is 13.2. The predicted molar refractivity (Wildman–Crippen MR) is 141 cm³/mol. The standard InChI is InChI=1S/C22H25Cl2N5O6S2/c1-21(2,3)35-20(32)25-19-26-22(4,11-37(33,34)29(19)5)16-14(24)10-15(36-16)18(31)28-27-17(30)12-6-8-13(23)9-7-12/h6-10H,11H2,1-5H3,(H,27,30)(H,28,31)(H,25,26,32)/t22-/m0/s1. The van der Waals surface area contributed by atoms with Gasteiger partial charge in [-0.1, -0.05) is 23.2 Å².